The third-order valence-electron chi connectivity index (χ3n) is 11.7. The van der Waals surface area contributed by atoms with Gasteiger partial charge in [-0.2, -0.15) is 0 Å². The fourth-order valence-corrected chi connectivity index (χ4v) is 8.68. The summed E-state index contributed by atoms with van der Waals surface area (Å²) in [5, 5.41) is 16.2. The molecule has 2 aromatic heterocycles. The number of carbonyl (C=O) groups is 5. The maximum absolute atomic E-state index is 14.0. The summed E-state index contributed by atoms with van der Waals surface area (Å²) in [6.45, 7) is 0.863. The van der Waals surface area contributed by atoms with Gasteiger partial charge >= 0.3 is 12.2 Å². The maximum Gasteiger partial charge on any atom is 0.407 e. The number of aromatic amines is 2. The number of hydrogen-bond donors (Lipinski definition) is 5. The number of ketones is 1. The zero-order chi connectivity index (χ0) is 43.6. The predicted octanol–water partition coefficient (Wildman–Crippen LogP) is 6.99. The molecule has 5 aromatic carbocycles. The summed E-state index contributed by atoms with van der Waals surface area (Å²) in [6.07, 6.45) is 0.667. The fraction of sp³-hybridized carbons (Fsp3) is 0.229. The Kier molecular flexibility index (Phi) is 11.0. The Morgan fingerprint density at radius 1 is 0.714 bits per heavy atom. The fourth-order valence-electron chi connectivity index (χ4n) is 8.68. The number of hydrogen-bond acceptors (Lipinski definition) is 8. The Bertz CT molecular complexity index is 2970. The van der Waals surface area contributed by atoms with Crippen molar-refractivity contribution in [3.8, 4) is 11.8 Å². The number of nitrogens with zero attached hydrogens (tertiary/aromatic N) is 4. The predicted molar refractivity (Wildman–Crippen MR) is 233 cm³/mol. The topological polar surface area (TPSA) is 203 Å². The summed E-state index contributed by atoms with van der Waals surface area (Å²) in [5.41, 5.74) is 5.66. The molecule has 0 saturated carbocycles. The third kappa shape index (κ3) is 8.14. The van der Waals surface area contributed by atoms with Crippen molar-refractivity contribution in [2.24, 2.45) is 0 Å². The Morgan fingerprint density at radius 2 is 1.33 bits per heavy atom. The molecule has 4 atom stereocenters. The highest BCUT2D eigenvalue weighted by atomic mass is 16.5. The van der Waals surface area contributed by atoms with Crippen LogP contribution >= 0.6 is 0 Å². The number of benzene rings is 5. The van der Waals surface area contributed by atoms with E-state index < -0.39 is 42.0 Å². The summed E-state index contributed by atoms with van der Waals surface area (Å²) in [7, 11) is 1.27. The van der Waals surface area contributed by atoms with E-state index in [0.717, 1.165) is 56.8 Å². The minimum Gasteiger partial charge on any atom is -0.465 e. The van der Waals surface area contributed by atoms with Crippen molar-refractivity contribution in [3.63, 3.8) is 0 Å². The monoisotopic (exact) mass is 842 g/mol. The lowest BCUT2D eigenvalue weighted by Crippen LogP contribution is -2.43. The molecule has 4 amide bonds. The molecule has 15 nitrogen and oxygen atoms in total. The van der Waals surface area contributed by atoms with Crippen molar-refractivity contribution in [3.05, 3.63) is 143 Å². The summed E-state index contributed by atoms with van der Waals surface area (Å²) in [6, 6.07) is 30.0. The van der Waals surface area contributed by atoms with Gasteiger partial charge in [0, 0.05) is 29.6 Å². The molecular formula is C48H42N8O7. The van der Waals surface area contributed by atoms with E-state index in [2.05, 4.69) is 32.4 Å². The standard InChI is InChI=1S/C48H42N8O7/c1-63-48(62)54-40(31-12-6-3-7-13-31)45(58)55-24-8-14-37(55)43-49-34-22-19-29(27-36(34)51-43)17-16-28-18-21-33-32(26-28)20-23-35-41(33)52-44(50-35)38-15-9-25-56(38)46(59)42(57)39(53-47(60)61)30-10-4-2-5-11-30/h2-7,10-13,18-23,26-27,37-40,53H,8-9,14-15,24-25H2,1H3,(H,49,51)(H,50,52)(H,54,62)(H,60,61)/t37-,38-,39+,40+/m0/s1. The van der Waals surface area contributed by atoms with Gasteiger partial charge in [-0.15, -0.1) is 0 Å². The van der Waals surface area contributed by atoms with Gasteiger partial charge in [-0.1, -0.05) is 84.6 Å². The molecule has 63 heavy (non-hydrogen) atoms. The molecule has 316 valence electrons. The maximum atomic E-state index is 14.0. The SMILES string of the molecule is COC(=O)N[C@@H](C(=O)N1CCC[C@H]1c1nc2ccc(C#Cc3ccc4c(ccc5[nH]c([C@@H]6CCCN6C(=O)C(=O)[C@H](NC(=O)O)c6ccccc6)nc54)c3)cc2[nH]1)c1ccccc1. The van der Waals surface area contributed by atoms with Crippen LogP contribution in [0.5, 0.6) is 0 Å². The van der Waals surface area contributed by atoms with Crippen LogP contribution < -0.4 is 10.6 Å². The van der Waals surface area contributed by atoms with Crippen molar-refractivity contribution in [2.75, 3.05) is 20.2 Å². The number of likely N-dealkylation sites (tertiary alicyclic amines) is 2. The van der Waals surface area contributed by atoms with Crippen LogP contribution in [-0.4, -0.2) is 84.8 Å². The minimum atomic E-state index is -1.40. The Labute approximate surface area is 360 Å². The molecule has 9 rings (SSSR count). The second kappa shape index (κ2) is 17.2. The van der Waals surface area contributed by atoms with Crippen LogP contribution in [0.4, 0.5) is 9.59 Å². The van der Waals surface area contributed by atoms with Crippen LogP contribution in [0.25, 0.3) is 32.8 Å². The molecule has 0 aliphatic carbocycles. The molecule has 4 heterocycles. The summed E-state index contributed by atoms with van der Waals surface area (Å²) in [4.78, 5) is 84.8. The van der Waals surface area contributed by atoms with Crippen LogP contribution in [0.3, 0.4) is 0 Å². The number of alkyl carbamates (subject to hydrolysis) is 1. The lowest BCUT2D eigenvalue weighted by Gasteiger charge is -2.28. The number of fused-ring (bicyclic) bond motifs is 4. The quantitative estimate of drug-likeness (QED) is 0.0750. The van der Waals surface area contributed by atoms with Crippen LogP contribution in [0, 0.1) is 11.8 Å². The normalized spacial score (nSPS) is 17.0. The van der Waals surface area contributed by atoms with Crippen molar-refractivity contribution in [1.82, 2.24) is 40.4 Å². The lowest BCUT2D eigenvalue weighted by molar-refractivity contribution is -0.146. The first-order valence-corrected chi connectivity index (χ1v) is 20.7. The Hall–Kier alpha value is -7.99. The molecule has 2 aliphatic heterocycles. The molecule has 0 radical (unpaired) electrons. The highest BCUT2D eigenvalue weighted by molar-refractivity contribution is 6.38. The zero-order valence-electron chi connectivity index (χ0n) is 34.1. The Balaban J connectivity index is 0.919. The van der Waals surface area contributed by atoms with Crippen LogP contribution in [-0.2, 0) is 19.1 Å². The number of Topliss-reactive ketones (excluding diaryl/α,β-unsaturated/α-hetero) is 1. The van der Waals surface area contributed by atoms with E-state index in [1.165, 1.54) is 12.0 Å². The number of methoxy groups -OCH3 is 1. The molecular weight excluding hydrogens is 801 g/mol. The molecule has 15 heteroatoms. The van der Waals surface area contributed by atoms with Crippen molar-refractivity contribution < 1.29 is 33.8 Å². The van der Waals surface area contributed by atoms with E-state index in [4.69, 9.17) is 14.7 Å². The van der Waals surface area contributed by atoms with Gasteiger partial charge in [0.1, 0.15) is 23.7 Å². The first kappa shape index (κ1) is 40.4. The van der Waals surface area contributed by atoms with Gasteiger partial charge in [0.15, 0.2) is 0 Å². The molecule has 2 fully saturated rings. The molecule has 2 saturated heterocycles. The van der Waals surface area contributed by atoms with E-state index in [1.54, 1.807) is 47.4 Å². The zero-order valence-corrected chi connectivity index (χ0v) is 34.1. The molecule has 5 N–H and O–H groups in total. The number of H-pyrrole nitrogens is 2. The largest absolute Gasteiger partial charge is 0.465 e. The number of aromatic nitrogens is 4. The summed E-state index contributed by atoms with van der Waals surface area (Å²) >= 11 is 0. The van der Waals surface area contributed by atoms with Gasteiger partial charge in [0.05, 0.1) is 41.3 Å². The Morgan fingerprint density at radius 3 is 2.03 bits per heavy atom. The average Bonchev–Trinajstić information content (AvgIpc) is 4.15. The molecule has 2 aliphatic rings. The third-order valence-corrected chi connectivity index (χ3v) is 11.7. The average molecular weight is 843 g/mol. The first-order chi connectivity index (χ1) is 30.6. The van der Waals surface area contributed by atoms with Crippen LogP contribution in [0.15, 0.2) is 109 Å². The van der Waals surface area contributed by atoms with Crippen molar-refractivity contribution >= 4 is 62.6 Å². The van der Waals surface area contributed by atoms with Crippen LogP contribution in [0.2, 0.25) is 0 Å². The molecule has 0 unspecified atom stereocenters. The minimum absolute atomic E-state index is 0.239. The number of amides is 4. The van der Waals surface area contributed by atoms with Gasteiger partial charge in [0.2, 0.25) is 5.78 Å². The highest BCUT2D eigenvalue weighted by Gasteiger charge is 2.40. The number of imidazole rings is 2. The van der Waals surface area contributed by atoms with E-state index >= 15 is 0 Å². The molecule has 7 aromatic rings. The van der Waals surface area contributed by atoms with Gasteiger partial charge < -0.3 is 40.2 Å². The highest BCUT2D eigenvalue weighted by Crippen LogP contribution is 2.36. The summed E-state index contributed by atoms with van der Waals surface area (Å²) in [5.74, 6) is 5.92. The van der Waals surface area contributed by atoms with Gasteiger partial charge in [-0.05, 0) is 78.6 Å². The molecule has 0 spiro atoms. The van der Waals surface area contributed by atoms with Crippen LogP contribution in [0.1, 0.15) is 83.8 Å². The lowest BCUT2D eigenvalue weighted by atomic mass is 10.0. The second-order valence-corrected chi connectivity index (χ2v) is 15.6. The van der Waals surface area contributed by atoms with Gasteiger partial charge in [-0.25, -0.2) is 19.6 Å². The van der Waals surface area contributed by atoms with Crippen molar-refractivity contribution in [2.45, 2.75) is 49.9 Å². The van der Waals surface area contributed by atoms with Gasteiger partial charge in [0.25, 0.3) is 11.8 Å². The number of ether oxygens (including phenoxy) is 1. The smallest absolute Gasteiger partial charge is 0.407 e. The number of carboxylic acid groups (broad SMARTS) is 1. The second-order valence-electron chi connectivity index (χ2n) is 15.6. The van der Waals surface area contributed by atoms with Crippen molar-refractivity contribution in [1.29, 1.82) is 0 Å². The van der Waals surface area contributed by atoms with E-state index in [0.29, 0.717) is 48.7 Å². The first-order valence-electron chi connectivity index (χ1n) is 20.7. The summed E-state index contributed by atoms with van der Waals surface area (Å²) < 4.78 is 4.83. The van der Waals surface area contributed by atoms with E-state index in [1.807, 2.05) is 66.7 Å². The van der Waals surface area contributed by atoms with E-state index in [9.17, 15) is 29.1 Å². The number of nitrogens with one attached hydrogen (secondary N) is 4. The number of carbonyl (C=O) groups excluding carboxylic acids is 4. The number of rotatable bonds is 9. The molecule has 0 bridgehead atoms. The van der Waals surface area contributed by atoms with Gasteiger partial charge in [-0.3, -0.25) is 14.4 Å². The van der Waals surface area contributed by atoms with E-state index in [-0.39, 0.29) is 11.9 Å².